The number of nitrogens with zero attached hydrogens (tertiary/aromatic N) is 1. The lowest BCUT2D eigenvalue weighted by Crippen LogP contribution is -2.30. The largest absolute Gasteiger partial charge is 0.393 e. The topological polar surface area (TPSA) is 45.1 Å². The molecule has 1 aromatic rings. The van der Waals surface area contributed by atoms with E-state index in [-0.39, 0.29) is 6.10 Å². The summed E-state index contributed by atoms with van der Waals surface area (Å²) in [5.74, 6) is 0.647. The molecule has 1 saturated carbocycles. The first kappa shape index (κ1) is 12.1. The van der Waals surface area contributed by atoms with Crippen LogP contribution in [-0.2, 0) is 6.42 Å². The Morgan fingerprint density at radius 2 is 2.28 bits per heavy atom. The van der Waals surface area contributed by atoms with Crippen LogP contribution >= 0.6 is 0 Å². The van der Waals surface area contributed by atoms with E-state index in [1.54, 1.807) is 0 Å². The first-order chi connectivity index (χ1) is 8.83. The number of aromatic nitrogens is 1. The van der Waals surface area contributed by atoms with E-state index >= 15 is 0 Å². The van der Waals surface area contributed by atoms with Gasteiger partial charge in [0.2, 0.25) is 0 Å². The quantitative estimate of drug-likeness (QED) is 0.859. The molecule has 2 aliphatic rings. The van der Waals surface area contributed by atoms with Crippen molar-refractivity contribution in [3.63, 3.8) is 0 Å². The van der Waals surface area contributed by atoms with Crippen molar-refractivity contribution in [2.45, 2.75) is 50.7 Å². The number of aliphatic hydroxyl groups excluding tert-OH is 1. The second-order valence-corrected chi connectivity index (χ2v) is 5.73. The highest BCUT2D eigenvalue weighted by atomic mass is 16.3. The summed E-state index contributed by atoms with van der Waals surface area (Å²) in [4.78, 5) is 4.55. The molecule has 3 heteroatoms. The highest BCUT2D eigenvalue weighted by Gasteiger charge is 2.25. The minimum Gasteiger partial charge on any atom is -0.393 e. The molecule has 1 heterocycles. The van der Waals surface area contributed by atoms with Gasteiger partial charge in [-0.25, -0.2) is 0 Å². The Morgan fingerprint density at radius 3 is 3.11 bits per heavy atom. The molecule has 0 saturated heterocycles. The Labute approximate surface area is 109 Å². The maximum absolute atomic E-state index is 9.55. The molecule has 98 valence electrons. The van der Waals surface area contributed by atoms with Crippen molar-refractivity contribution in [2.24, 2.45) is 5.92 Å². The van der Waals surface area contributed by atoms with Crippen molar-refractivity contribution < 1.29 is 5.11 Å². The van der Waals surface area contributed by atoms with Crippen LogP contribution in [0.25, 0.3) is 0 Å². The van der Waals surface area contributed by atoms with Crippen LogP contribution in [-0.4, -0.2) is 22.7 Å². The van der Waals surface area contributed by atoms with Gasteiger partial charge in [-0.1, -0.05) is 6.07 Å². The molecule has 3 atom stereocenters. The molecular formula is C15H22N2O. The maximum atomic E-state index is 9.55. The monoisotopic (exact) mass is 246 g/mol. The number of hydrogen-bond donors (Lipinski definition) is 2. The van der Waals surface area contributed by atoms with Crippen LogP contribution < -0.4 is 5.32 Å². The van der Waals surface area contributed by atoms with Gasteiger partial charge in [0, 0.05) is 12.2 Å². The van der Waals surface area contributed by atoms with E-state index in [4.69, 9.17) is 0 Å². The zero-order chi connectivity index (χ0) is 12.4. The second kappa shape index (κ2) is 5.37. The summed E-state index contributed by atoms with van der Waals surface area (Å²) < 4.78 is 0. The minimum absolute atomic E-state index is 0.0615. The fraction of sp³-hybridized carbons (Fsp3) is 0.667. The number of aryl methyl sites for hydroxylation is 1. The van der Waals surface area contributed by atoms with E-state index in [1.165, 1.54) is 30.5 Å². The molecule has 0 aromatic carbocycles. The lowest BCUT2D eigenvalue weighted by molar-refractivity contribution is 0.177. The molecule has 0 bridgehead atoms. The molecule has 18 heavy (non-hydrogen) atoms. The summed E-state index contributed by atoms with van der Waals surface area (Å²) >= 11 is 0. The third-order valence-corrected chi connectivity index (χ3v) is 4.36. The van der Waals surface area contributed by atoms with Crippen LogP contribution in [0.2, 0.25) is 0 Å². The Hall–Kier alpha value is -0.930. The predicted octanol–water partition coefficient (Wildman–Crippen LogP) is 2.21. The van der Waals surface area contributed by atoms with Crippen LogP contribution in [0.4, 0.5) is 0 Å². The van der Waals surface area contributed by atoms with Crippen molar-refractivity contribution in [3.05, 3.63) is 29.6 Å². The van der Waals surface area contributed by atoms with E-state index in [9.17, 15) is 5.11 Å². The lowest BCUT2D eigenvalue weighted by Gasteiger charge is -2.26. The van der Waals surface area contributed by atoms with Crippen molar-refractivity contribution in [3.8, 4) is 0 Å². The predicted molar refractivity (Wildman–Crippen MR) is 71.3 cm³/mol. The highest BCUT2D eigenvalue weighted by molar-refractivity contribution is 5.25. The molecule has 3 unspecified atom stereocenters. The molecule has 0 amide bonds. The van der Waals surface area contributed by atoms with Gasteiger partial charge >= 0.3 is 0 Å². The zero-order valence-corrected chi connectivity index (χ0v) is 10.8. The van der Waals surface area contributed by atoms with Gasteiger partial charge in [0.15, 0.2) is 0 Å². The van der Waals surface area contributed by atoms with Crippen LogP contribution in [0.5, 0.6) is 0 Å². The van der Waals surface area contributed by atoms with Crippen molar-refractivity contribution in [2.75, 3.05) is 6.54 Å². The standard InChI is InChI=1S/C15H22N2O/c18-13-7-6-11(9-13)10-17-14-5-1-3-12-4-2-8-16-15(12)14/h2,4,8,11,13-14,17-18H,1,3,5-7,9-10H2. The molecule has 0 spiro atoms. The van der Waals surface area contributed by atoms with Crippen molar-refractivity contribution >= 4 is 0 Å². The van der Waals surface area contributed by atoms with Gasteiger partial charge in [0.25, 0.3) is 0 Å². The first-order valence-electron chi connectivity index (χ1n) is 7.18. The molecular weight excluding hydrogens is 224 g/mol. The molecule has 2 aliphatic carbocycles. The van der Waals surface area contributed by atoms with E-state index < -0.39 is 0 Å². The van der Waals surface area contributed by atoms with Crippen LogP contribution in [0, 0.1) is 5.92 Å². The van der Waals surface area contributed by atoms with Gasteiger partial charge in [0.05, 0.1) is 11.8 Å². The Kier molecular flexibility index (Phi) is 3.62. The Morgan fingerprint density at radius 1 is 1.33 bits per heavy atom. The molecule has 0 aliphatic heterocycles. The molecule has 1 fully saturated rings. The summed E-state index contributed by atoms with van der Waals surface area (Å²) in [5, 5.41) is 13.2. The number of aliphatic hydroxyl groups is 1. The summed E-state index contributed by atoms with van der Waals surface area (Å²) in [6, 6.07) is 4.66. The van der Waals surface area contributed by atoms with E-state index in [1.807, 2.05) is 12.3 Å². The van der Waals surface area contributed by atoms with Gasteiger partial charge in [-0.3, -0.25) is 4.98 Å². The summed E-state index contributed by atoms with van der Waals surface area (Å²) in [5.41, 5.74) is 2.66. The fourth-order valence-corrected chi connectivity index (χ4v) is 3.35. The number of nitrogens with one attached hydrogen (secondary N) is 1. The first-order valence-corrected chi connectivity index (χ1v) is 7.18. The summed E-state index contributed by atoms with van der Waals surface area (Å²) in [6.07, 6.45) is 8.56. The SMILES string of the molecule is OC1CCC(CNC2CCCc3cccnc32)C1. The average molecular weight is 246 g/mol. The molecule has 1 aromatic heterocycles. The van der Waals surface area contributed by atoms with Gasteiger partial charge in [-0.2, -0.15) is 0 Å². The third-order valence-electron chi connectivity index (χ3n) is 4.36. The fourth-order valence-electron chi connectivity index (χ4n) is 3.35. The van der Waals surface area contributed by atoms with Gasteiger partial charge in [-0.15, -0.1) is 0 Å². The van der Waals surface area contributed by atoms with E-state index in [0.29, 0.717) is 12.0 Å². The average Bonchev–Trinajstić information content (AvgIpc) is 2.82. The number of fused-ring (bicyclic) bond motifs is 1. The summed E-state index contributed by atoms with van der Waals surface area (Å²) in [7, 11) is 0. The number of pyridine rings is 1. The van der Waals surface area contributed by atoms with Crippen LogP contribution in [0.1, 0.15) is 49.4 Å². The zero-order valence-electron chi connectivity index (χ0n) is 10.8. The molecule has 3 nitrogen and oxygen atoms in total. The number of rotatable bonds is 3. The molecule has 2 N–H and O–H groups in total. The van der Waals surface area contributed by atoms with E-state index in [0.717, 1.165) is 25.8 Å². The Balaban J connectivity index is 1.60. The van der Waals surface area contributed by atoms with Crippen LogP contribution in [0.3, 0.4) is 0 Å². The lowest BCUT2D eigenvalue weighted by atomic mass is 9.91. The highest BCUT2D eigenvalue weighted by Crippen LogP contribution is 2.29. The van der Waals surface area contributed by atoms with Crippen molar-refractivity contribution in [1.29, 1.82) is 0 Å². The number of hydrogen-bond acceptors (Lipinski definition) is 3. The third kappa shape index (κ3) is 2.57. The van der Waals surface area contributed by atoms with Gasteiger partial charge < -0.3 is 10.4 Å². The van der Waals surface area contributed by atoms with E-state index in [2.05, 4.69) is 16.4 Å². The molecule has 3 rings (SSSR count). The Bertz CT molecular complexity index is 407. The maximum Gasteiger partial charge on any atom is 0.0605 e. The normalized spacial score (nSPS) is 31.3. The van der Waals surface area contributed by atoms with Gasteiger partial charge in [0.1, 0.15) is 0 Å². The van der Waals surface area contributed by atoms with Crippen LogP contribution in [0.15, 0.2) is 18.3 Å². The smallest absolute Gasteiger partial charge is 0.0605 e. The summed E-state index contributed by atoms with van der Waals surface area (Å²) in [6.45, 7) is 1.03. The second-order valence-electron chi connectivity index (χ2n) is 5.73. The molecule has 0 radical (unpaired) electrons. The van der Waals surface area contributed by atoms with Gasteiger partial charge in [-0.05, 0) is 62.6 Å². The minimum atomic E-state index is -0.0615. The van der Waals surface area contributed by atoms with Crippen molar-refractivity contribution in [1.82, 2.24) is 10.3 Å².